The minimum absolute atomic E-state index is 0.180. The van der Waals surface area contributed by atoms with E-state index in [1.807, 2.05) is 6.20 Å². The molecule has 2 N–H and O–H groups in total. The zero-order chi connectivity index (χ0) is 14.1. The number of anilines is 1. The van der Waals surface area contributed by atoms with Gasteiger partial charge in [-0.1, -0.05) is 20.3 Å². The first-order valence-corrected chi connectivity index (χ1v) is 7.28. The van der Waals surface area contributed by atoms with Gasteiger partial charge < -0.3 is 15.3 Å². The van der Waals surface area contributed by atoms with Crippen LogP contribution < -0.4 is 10.2 Å². The highest BCUT2D eigenvalue weighted by molar-refractivity contribution is 5.44. The van der Waals surface area contributed by atoms with Crippen LogP contribution in [0.3, 0.4) is 0 Å². The third-order valence-electron chi connectivity index (χ3n) is 3.24. The van der Waals surface area contributed by atoms with Gasteiger partial charge in [-0.3, -0.25) is 4.98 Å². The van der Waals surface area contributed by atoms with Crippen molar-refractivity contribution in [3.63, 3.8) is 0 Å². The van der Waals surface area contributed by atoms with Crippen molar-refractivity contribution in [2.24, 2.45) is 0 Å². The topological polar surface area (TPSA) is 48.4 Å². The van der Waals surface area contributed by atoms with Crippen molar-refractivity contribution in [2.75, 3.05) is 31.1 Å². The highest BCUT2D eigenvalue weighted by Gasteiger charge is 2.08. The van der Waals surface area contributed by atoms with Gasteiger partial charge in [0.05, 0.1) is 24.2 Å². The smallest absolute Gasteiger partial charge is 0.0606 e. The van der Waals surface area contributed by atoms with Crippen molar-refractivity contribution in [1.82, 2.24) is 10.3 Å². The first-order valence-electron chi connectivity index (χ1n) is 7.28. The lowest BCUT2D eigenvalue weighted by molar-refractivity contribution is 0.301. The average Bonchev–Trinajstić information content (AvgIpc) is 2.44. The number of aromatic nitrogens is 1. The Morgan fingerprint density at radius 3 is 2.63 bits per heavy atom. The van der Waals surface area contributed by atoms with Crippen molar-refractivity contribution in [3.05, 3.63) is 24.0 Å². The molecule has 0 aliphatic rings. The summed E-state index contributed by atoms with van der Waals surface area (Å²) >= 11 is 0. The van der Waals surface area contributed by atoms with Gasteiger partial charge in [-0.25, -0.2) is 0 Å². The quantitative estimate of drug-likeness (QED) is 0.719. The van der Waals surface area contributed by atoms with E-state index >= 15 is 0 Å². The second-order valence-corrected chi connectivity index (χ2v) is 4.78. The number of nitrogens with one attached hydrogen (secondary N) is 1. The SMILES string of the molecule is CCCCN(CCO)c1ccc(C(C)NCC)nc1. The Kier molecular flexibility index (Phi) is 7.45. The zero-order valence-corrected chi connectivity index (χ0v) is 12.4. The fourth-order valence-corrected chi connectivity index (χ4v) is 2.09. The van der Waals surface area contributed by atoms with Crippen molar-refractivity contribution in [3.8, 4) is 0 Å². The molecule has 1 rings (SSSR count). The maximum atomic E-state index is 9.14. The van der Waals surface area contributed by atoms with Gasteiger partial charge in [0.25, 0.3) is 0 Å². The van der Waals surface area contributed by atoms with Crippen LogP contribution in [0.4, 0.5) is 5.69 Å². The van der Waals surface area contributed by atoms with Crippen molar-refractivity contribution >= 4 is 5.69 Å². The molecule has 1 aromatic rings. The van der Waals surface area contributed by atoms with Gasteiger partial charge in [-0.2, -0.15) is 0 Å². The van der Waals surface area contributed by atoms with Gasteiger partial charge in [0.15, 0.2) is 0 Å². The van der Waals surface area contributed by atoms with Crippen LogP contribution in [-0.4, -0.2) is 36.3 Å². The summed E-state index contributed by atoms with van der Waals surface area (Å²) in [6, 6.07) is 4.45. The molecule has 0 amide bonds. The molecular formula is C15H27N3O. The standard InChI is InChI=1S/C15H27N3O/c1-4-6-9-18(10-11-19)14-7-8-15(17-12-14)13(3)16-5-2/h7-8,12-13,16,19H,4-6,9-11H2,1-3H3. The number of hydrogen-bond acceptors (Lipinski definition) is 4. The molecule has 0 fully saturated rings. The van der Waals surface area contributed by atoms with Crippen LogP contribution in [0.5, 0.6) is 0 Å². The largest absolute Gasteiger partial charge is 0.395 e. The van der Waals surface area contributed by atoms with Crippen molar-refractivity contribution in [2.45, 2.75) is 39.7 Å². The van der Waals surface area contributed by atoms with Gasteiger partial charge in [0, 0.05) is 19.1 Å². The van der Waals surface area contributed by atoms with Gasteiger partial charge in [-0.15, -0.1) is 0 Å². The Bertz CT molecular complexity index is 340. The number of hydrogen-bond donors (Lipinski definition) is 2. The molecular weight excluding hydrogens is 238 g/mol. The summed E-state index contributed by atoms with van der Waals surface area (Å²) in [5.41, 5.74) is 2.15. The lowest BCUT2D eigenvalue weighted by Crippen LogP contribution is -2.28. The van der Waals surface area contributed by atoms with Crippen LogP contribution in [0.25, 0.3) is 0 Å². The molecule has 108 valence electrons. The number of unbranched alkanes of at least 4 members (excludes halogenated alkanes) is 1. The summed E-state index contributed by atoms with van der Waals surface area (Å²) in [7, 11) is 0. The van der Waals surface area contributed by atoms with E-state index in [9.17, 15) is 0 Å². The molecule has 0 saturated heterocycles. The second kappa shape index (κ2) is 8.88. The van der Waals surface area contributed by atoms with E-state index in [1.165, 1.54) is 0 Å². The molecule has 0 spiro atoms. The first-order chi connectivity index (χ1) is 9.22. The molecule has 0 aliphatic heterocycles. The fourth-order valence-electron chi connectivity index (χ4n) is 2.09. The van der Waals surface area contributed by atoms with E-state index in [1.54, 1.807) is 0 Å². The molecule has 0 saturated carbocycles. The van der Waals surface area contributed by atoms with E-state index < -0.39 is 0 Å². The third kappa shape index (κ3) is 5.17. The summed E-state index contributed by atoms with van der Waals surface area (Å²) in [4.78, 5) is 6.72. The molecule has 4 nitrogen and oxygen atoms in total. The summed E-state index contributed by atoms with van der Waals surface area (Å²) in [5.74, 6) is 0. The normalized spacial score (nSPS) is 12.4. The Hall–Kier alpha value is -1.13. The van der Waals surface area contributed by atoms with Crippen molar-refractivity contribution < 1.29 is 5.11 Å². The van der Waals surface area contributed by atoms with E-state index in [-0.39, 0.29) is 12.6 Å². The highest BCUT2D eigenvalue weighted by atomic mass is 16.3. The number of aliphatic hydroxyl groups is 1. The number of aliphatic hydroxyl groups excluding tert-OH is 1. The molecule has 4 heteroatoms. The van der Waals surface area contributed by atoms with Gasteiger partial charge in [-0.05, 0) is 32.0 Å². The maximum Gasteiger partial charge on any atom is 0.0606 e. The molecule has 0 aliphatic carbocycles. The average molecular weight is 265 g/mol. The summed E-state index contributed by atoms with van der Waals surface area (Å²) in [6.07, 6.45) is 4.20. The Morgan fingerprint density at radius 1 is 1.32 bits per heavy atom. The first kappa shape index (κ1) is 15.9. The van der Waals surface area contributed by atoms with Crippen molar-refractivity contribution in [1.29, 1.82) is 0 Å². The number of pyridine rings is 1. The predicted octanol–water partition coefficient (Wildman–Crippen LogP) is 2.35. The summed E-state index contributed by atoms with van der Waals surface area (Å²) < 4.78 is 0. The molecule has 19 heavy (non-hydrogen) atoms. The number of nitrogens with zero attached hydrogens (tertiary/aromatic N) is 2. The molecule has 1 aromatic heterocycles. The summed E-state index contributed by atoms with van der Waals surface area (Å²) in [5, 5.41) is 12.5. The Balaban J connectivity index is 2.70. The van der Waals surface area contributed by atoms with E-state index in [0.29, 0.717) is 6.54 Å². The van der Waals surface area contributed by atoms with E-state index in [0.717, 1.165) is 37.3 Å². The highest BCUT2D eigenvalue weighted by Crippen LogP contribution is 2.16. The van der Waals surface area contributed by atoms with Crippen LogP contribution in [0, 0.1) is 0 Å². The molecule has 1 heterocycles. The van der Waals surface area contributed by atoms with Crippen LogP contribution in [-0.2, 0) is 0 Å². The molecule has 0 aromatic carbocycles. The fraction of sp³-hybridized carbons (Fsp3) is 0.667. The van der Waals surface area contributed by atoms with Crippen LogP contribution in [0.2, 0.25) is 0 Å². The number of rotatable bonds is 9. The Labute approximate surface area is 116 Å². The lowest BCUT2D eigenvalue weighted by atomic mass is 10.2. The molecule has 0 bridgehead atoms. The third-order valence-corrected chi connectivity index (χ3v) is 3.24. The maximum absolute atomic E-state index is 9.14. The second-order valence-electron chi connectivity index (χ2n) is 4.78. The van der Waals surface area contributed by atoms with Crippen LogP contribution >= 0.6 is 0 Å². The minimum atomic E-state index is 0.180. The Morgan fingerprint density at radius 2 is 2.11 bits per heavy atom. The molecule has 1 unspecified atom stereocenters. The van der Waals surface area contributed by atoms with Gasteiger partial charge >= 0.3 is 0 Å². The van der Waals surface area contributed by atoms with Crippen LogP contribution in [0.15, 0.2) is 18.3 Å². The monoisotopic (exact) mass is 265 g/mol. The van der Waals surface area contributed by atoms with E-state index in [2.05, 4.69) is 48.1 Å². The zero-order valence-electron chi connectivity index (χ0n) is 12.4. The minimum Gasteiger partial charge on any atom is -0.395 e. The van der Waals surface area contributed by atoms with E-state index in [4.69, 9.17) is 5.11 Å². The summed E-state index contributed by atoms with van der Waals surface area (Å²) in [6.45, 7) is 9.16. The molecule has 1 atom stereocenters. The van der Waals surface area contributed by atoms with Crippen LogP contribution in [0.1, 0.15) is 45.3 Å². The lowest BCUT2D eigenvalue weighted by Gasteiger charge is -2.24. The predicted molar refractivity (Wildman–Crippen MR) is 80.5 cm³/mol. The van der Waals surface area contributed by atoms with Gasteiger partial charge in [0.1, 0.15) is 0 Å². The molecule has 0 radical (unpaired) electrons. The van der Waals surface area contributed by atoms with Gasteiger partial charge in [0.2, 0.25) is 0 Å².